The lowest BCUT2D eigenvalue weighted by atomic mass is 10.1. The van der Waals surface area contributed by atoms with Gasteiger partial charge in [-0.1, -0.05) is 30.3 Å². The van der Waals surface area contributed by atoms with Crippen LogP contribution in [0.5, 0.6) is 0 Å². The molecule has 4 heteroatoms. The van der Waals surface area contributed by atoms with Crippen LogP contribution < -0.4 is 11.1 Å². The fourth-order valence-corrected chi connectivity index (χ4v) is 1.98. The topological polar surface area (TPSA) is 55.9 Å². The normalized spacial score (nSPS) is 12.3. The minimum absolute atomic E-state index is 0.208. The van der Waals surface area contributed by atoms with Crippen LogP contribution in [0.3, 0.4) is 0 Å². The molecule has 1 atom stereocenters. The maximum absolute atomic E-state index is 5.83. The van der Waals surface area contributed by atoms with E-state index in [1.165, 1.54) is 5.56 Å². The average molecular weight is 244 g/mol. The van der Waals surface area contributed by atoms with E-state index in [-0.39, 0.29) is 6.04 Å². The van der Waals surface area contributed by atoms with Gasteiger partial charge in [-0.3, -0.25) is 0 Å². The number of rotatable bonds is 6. The Morgan fingerprint density at radius 2 is 2.11 bits per heavy atom. The van der Waals surface area contributed by atoms with Crippen LogP contribution in [0.15, 0.2) is 42.7 Å². The quantitative estimate of drug-likeness (QED) is 0.816. The Bertz CT molecular complexity index is 464. The second-order valence-corrected chi connectivity index (χ2v) is 4.30. The first-order valence-corrected chi connectivity index (χ1v) is 6.35. The van der Waals surface area contributed by atoms with Crippen molar-refractivity contribution in [3.8, 4) is 0 Å². The summed E-state index contributed by atoms with van der Waals surface area (Å²) < 4.78 is 2.08. The molecule has 3 N–H and O–H groups in total. The number of aryl methyl sites for hydroxylation is 1. The van der Waals surface area contributed by atoms with E-state index in [0.29, 0.717) is 6.54 Å². The van der Waals surface area contributed by atoms with Crippen molar-refractivity contribution in [3.63, 3.8) is 0 Å². The molecule has 0 spiro atoms. The molecule has 1 heterocycles. The van der Waals surface area contributed by atoms with Crippen molar-refractivity contribution >= 4 is 5.95 Å². The molecular weight excluding hydrogens is 224 g/mol. The maximum Gasteiger partial charge on any atom is 0.203 e. The van der Waals surface area contributed by atoms with Crippen molar-refractivity contribution in [2.75, 3.05) is 11.9 Å². The SMILES string of the molecule is CCn1ccnc1NC(CN)Cc1ccccc1. The zero-order valence-corrected chi connectivity index (χ0v) is 10.7. The summed E-state index contributed by atoms with van der Waals surface area (Å²) in [6.45, 7) is 3.60. The summed E-state index contributed by atoms with van der Waals surface area (Å²) in [4.78, 5) is 4.31. The van der Waals surface area contributed by atoms with Gasteiger partial charge in [-0.15, -0.1) is 0 Å². The molecule has 0 radical (unpaired) electrons. The molecule has 2 aromatic rings. The van der Waals surface area contributed by atoms with Gasteiger partial charge in [0, 0.05) is 31.5 Å². The zero-order chi connectivity index (χ0) is 12.8. The van der Waals surface area contributed by atoms with Gasteiger partial charge in [0.15, 0.2) is 0 Å². The molecule has 0 aliphatic carbocycles. The van der Waals surface area contributed by atoms with Gasteiger partial charge in [0.2, 0.25) is 5.95 Å². The van der Waals surface area contributed by atoms with Crippen LogP contribution in [0.4, 0.5) is 5.95 Å². The average Bonchev–Trinajstić information content (AvgIpc) is 2.86. The molecule has 0 saturated heterocycles. The third kappa shape index (κ3) is 3.11. The predicted molar refractivity (Wildman–Crippen MR) is 74.5 cm³/mol. The van der Waals surface area contributed by atoms with E-state index < -0.39 is 0 Å². The minimum Gasteiger partial charge on any atom is -0.351 e. The summed E-state index contributed by atoms with van der Waals surface area (Å²) in [5, 5.41) is 3.40. The number of nitrogens with two attached hydrogens (primary N) is 1. The molecule has 18 heavy (non-hydrogen) atoms. The second-order valence-electron chi connectivity index (χ2n) is 4.30. The van der Waals surface area contributed by atoms with Gasteiger partial charge in [0.25, 0.3) is 0 Å². The van der Waals surface area contributed by atoms with Gasteiger partial charge >= 0.3 is 0 Å². The van der Waals surface area contributed by atoms with Crippen molar-refractivity contribution in [2.24, 2.45) is 5.73 Å². The Morgan fingerprint density at radius 1 is 1.33 bits per heavy atom. The smallest absolute Gasteiger partial charge is 0.203 e. The van der Waals surface area contributed by atoms with Crippen LogP contribution in [-0.2, 0) is 13.0 Å². The molecule has 0 fully saturated rings. The summed E-state index contributed by atoms with van der Waals surface area (Å²) in [5.74, 6) is 0.892. The molecule has 2 rings (SSSR count). The molecule has 0 aliphatic rings. The Balaban J connectivity index is 2.02. The monoisotopic (exact) mass is 244 g/mol. The van der Waals surface area contributed by atoms with Gasteiger partial charge in [-0.2, -0.15) is 0 Å². The molecule has 96 valence electrons. The number of nitrogens with one attached hydrogen (secondary N) is 1. The van der Waals surface area contributed by atoms with Crippen LogP contribution in [-0.4, -0.2) is 22.1 Å². The standard InChI is InChI=1S/C14H20N4/c1-2-18-9-8-16-14(18)17-13(11-15)10-12-6-4-3-5-7-12/h3-9,13H,2,10-11,15H2,1H3,(H,16,17). The van der Waals surface area contributed by atoms with E-state index in [9.17, 15) is 0 Å². The Morgan fingerprint density at radius 3 is 2.78 bits per heavy atom. The van der Waals surface area contributed by atoms with Crippen LogP contribution in [0.1, 0.15) is 12.5 Å². The highest BCUT2D eigenvalue weighted by Gasteiger charge is 2.10. The minimum atomic E-state index is 0.208. The lowest BCUT2D eigenvalue weighted by Crippen LogP contribution is -2.32. The number of nitrogens with zero attached hydrogens (tertiary/aromatic N) is 2. The summed E-state index contributed by atoms with van der Waals surface area (Å²) in [6, 6.07) is 10.6. The van der Waals surface area contributed by atoms with Crippen molar-refractivity contribution < 1.29 is 0 Å². The van der Waals surface area contributed by atoms with Gasteiger partial charge in [0.05, 0.1) is 0 Å². The highest BCUT2D eigenvalue weighted by molar-refractivity contribution is 5.29. The largest absolute Gasteiger partial charge is 0.351 e. The Kier molecular flexibility index (Phi) is 4.36. The highest BCUT2D eigenvalue weighted by atomic mass is 15.2. The van der Waals surface area contributed by atoms with Crippen molar-refractivity contribution in [1.82, 2.24) is 9.55 Å². The fraction of sp³-hybridized carbons (Fsp3) is 0.357. The molecule has 0 saturated carbocycles. The van der Waals surface area contributed by atoms with Gasteiger partial charge < -0.3 is 15.6 Å². The van der Waals surface area contributed by atoms with Crippen LogP contribution in [0.25, 0.3) is 0 Å². The number of imidazole rings is 1. The Hall–Kier alpha value is -1.81. The van der Waals surface area contributed by atoms with Crippen LogP contribution >= 0.6 is 0 Å². The number of hydrogen-bond donors (Lipinski definition) is 2. The van der Waals surface area contributed by atoms with Gasteiger partial charge in [-0.05, 0) is 18.9 Å². The lowest BCUT2D eigenvalue weighted by molar-refractivity contribution is 0.689. The number of aromatic nitrogens is 2. The Labute approximate surface area is 108 Å². The molecule has 0 aliphatic heterocycles. The van der Waals surface area contributed by atoms with Crippen molar-refractivity contribution in [3.05, 3.63) is 48.3 Å². The molecule has 0 amide bonds. The third-order valence-corrected chi connectivity index (χ3v) is 3.00. The molecular formula is C14H20N4. The first-order chi connectivity index (χ1) is 8.83. The molecule has 1 unspecified atom stereocenters. The van der Waals surface area contributed by atoms with E-state index in [1.54, 1.807) is 0 Å². The van der Waals surface area contributed by atoms with E-state index in [1.807, 2.05) is 18.5 Å². The van der Waals surface area contributed by atoms with Crippen LogP contribution in [0, 0.1) is 0 Å². The molecule has 4 nitrogen and oxygen atoms in total. The van der Waals surface area contributed by atoms with Gasteiger partial charge in [0.1, 0.15) is 0 Å². The van der Waals surface area contributed by atoms with Crippen molar-refractivity contribution in [1.29, 1.82) is 0 Å². The maximum atomic E-state index is 5.83. The van der Waals surface area contributed by atoms with Crippen LogP contribution in [0.2, 0.25) is 0 Å². The van der Waals surface area contributed by atoms with E-state index >= 15 is 0 Å². The number of hydrogen-bond acceptors (Lipinski definition) is 3. The summed E-state index contributed by atoms with van der Waals surface area (Å²) in [6.07, 6.45) is 4.69. The second kappa shape index (κ2) is 6.21. The molecule has 1 aromatic heterocycles. The van der Waals surface area contributed by atoms with Crippen molar-refractivity contribution in [2.45, 2.75) is 25.9 Å². The highest BCUT2D eigenvalue weighted by Crippen LogP contribution is 2.09. The number of benzene rings is 1. The summed E-state index contributed by atoms with van der Waals surface area (Å²) in [5.41, 5.74) is 7.12. The molecule has 1 aromatic carbocycles. The lowest BCUT2D eigenvalue weighted by Gasteiger charge is -2.18. The van der Waals surface area contributed by atoms with E-state index in [0.717, 1.165) is 18.9 Å². The zero-order valence-electron chi connectivity index (χ0n) is 10.7. The fourth-order valence-electron chi connectivity index (χ4n) is 1.98. The first-order valence-electron chi connectivity index (χ1n) is 6.35. The van der Waals surface area contributed by atoms with E-state index in [2.05, 4.69) is 46.1 Å². The first kappa shape index (κ1) is 12.6. The molecule has 0 bridgehead atoms. The van der Waals surface area contributed by atoms with E-state index in [4.69, 9.17) is 5.73 Å². The summed E-state index contributed by atoms with van der Waals surface area (Å²) in [7, 11) is 0. The predicted octanol–water partition coefficient (Wildman–Crippen LogP) is 1.88. The summed E-state index contributed by atoms with van der Waals surface area (Å²) >= 11 is 0. The number of anilines is 1. The third-order valence-electron chi connectivity index (χ3n) is 3.00. The van der Waals surface area contributed by atoms with Gasteiger partial charge in [-0.25, -0.2) is 4.98 Å².